The Labute approximate surface area is 189 Å². The molecule has 0 radical (unpaired) electrons. The molecular formula is C26H30N4O2. The molecule has 1 aliphatic rings. The molecule has 6 nitrogen and oxygen atoms in total. The SMILES string of the molecule is Cc1nn(Cc2ccccc2)c(C)c1CNC(=O)[C@@H]1CC(=O)N([C@H](C)c2ccccc2)C1. The van der Waals surface area contributed by atoms with Gasteiger partial charge in [0.2, 0.25) is 11.8 Å². The van der Waals surface area contributed by atoms with Crippen molar-refractivity contribution in [1.29, 1.82) is 0 Å². The number of hydrogen-bond acceptors (Lipinski definition) is 3. The molecular weight excluding hydrogens is 400 g/mol. The number of rotatable bonds is 7. The van der Waals surface area contributed by atoms with Gasteiger partial charge in [0.05, 0.1) is 24.2 Å². The molecule has 2 aromatic carbocycles. The Hall–Kier alpha value is -3.41. The number of carbonyl (C=O) groups is 2. The fourth-order valence-electron chi connectivity index (χ4n) is 4.41. The van der Waals surface area contributed by atoms with E-state index in [1.807, 2.05) is 78.9 Å². The number of nitrogens with zero attached hydrogens (tertiary/aromatic N) is 3. The van der Waals surface area contributed by atoms with E-state index in [1.54, 1.807) is 0 Å². The predicted molar refractivity (Wildman–Crippen MR) is 124 cm³/mol. The standard InChI is InChI=1S/C26H30N4O2/c1-18-24(20(3)30(28-18)16-21-10-6-4-7-11-21)15-27-26(32)23-14-25(31)29(17-23)19(2)22-12-8-5-9-13-22/h4-13,19,23H,14-17H2,1-3H3,(H,27,32)/t19-,23-/m1/s1. The number of carbonyl (C=O) groups excluding carboxylic acids is 2. The van der Waals surface area contributed by atoms with E-state index in [2.05, 4.69) is 22.5 Å². The molecule has 2 atom stereocenters. The minimum absolute atomic E-state index is 0.0320. The summed E-state index contributed by atoms with van der Waals surface area (Å²) in [7, 11) is 0. The van der Waals surface area contributed by atoms with Gasteiger partial charge in [-0.25, -0.2) is 0 Å². The number of aromatic nitrogens is 2. The summed E-state index contributed by atoms with van der Waals surface area (Å²) >= 11 is 0. The van der Waals surface area contributed by atoms with Crippen molar-refractivity contribution in [3.63, 3.8) is 0 Å². The molecule has 0 unspecified atom stereocenters. The van der Waals surface area contributed by atoms with Crippen LogP contribution in [0, 0.1) is 19.8 Å². The molecule has 6 heteroatoms. The summed E-state index contributed by atoms with van der Waals surface area (Å²) in [5.41, 5.74) is 5.27. The van der Waals surface area contributed by atoms with Crippen LogP contribution in [0.5, 0.6) is 0 Å². The molecule has 1 N–H and O–H groups in total. The zero-order valence-corrected chi connectivity index (χ0v) is 18.9. The van der Waals surface area contributed by atoms with Crippen molar-refractivity contribution in [3.05, 3.63) is 88.7 Å². The van der Waals surface area contributed by atoms with Crippen LogP contribution in [-0.2, 0) is 22.7 Å². The van der Waals surface area contributed by atoms with E-state index in [4.69, 9.17) is 0 Å². The second kappa shape index (κ2) is 9.39. The average molecular weight is 431 g/mol. The Balaban J connectivity index is 1.37. The van der Waals surface area contributed by atoms with Crippen molar-refractivity contribution in [3.8, 4) is 0 Å². The molecule has 2 amide bonds. The summed E-state index contributed by atoms with van der Waals surface area (Å²) in [5.74, 6) is -0.367. The Morgan fingerprint density at radius 2 is 1.75 bits per heavy atom. The zero-order chi connectivity index (χ0) is 22.7. The lowest BCUT2D eigenvalue weighted by Gasteiger charge is -2.25. The van der Waals surface area contributed by atoms with E-state index in [0.717, 1.165) is 22.5 Å². The zero-order valence-electron chi connectivity index (χ0n) is 18.9. The largest absolute Gasteiger partial charge is 0.352 e. The van der Waals surface area contributed by atoms with E-state index in [9.17, 15) is 9.59 Å². The third kappa shape index (κ3) is 4.59. The van der Waals surface area contributed by atoms with Gasteiger partial charge < -0.3 is 10.2 Å². The Morgan fingerprint density at radius 1 is 1.09 bits per heavy atom. The first-order valence-corrected chi connectivity index (χ1v) is 11.1. The number of benzene rings is 2. The van der Waals surface area contributed by atoms with E-state index >= 15 is 0 Å². The smallest absolute Gasteiger partial charge is 0.225 e. The first-order chi connectivity index (χ1) is 15.4. The summed E-state index contributed by atoms with van der Waals surface area (Å²) in [6.45, 7) is 7.59. The topological polar surface area (TPSA) is 67.2 Å². The molecule has 0 bridgehead atoms. The molecule has 0 aliphatic carbocycles. The summed E-state index contributed by atoms with van der Waals surface area (Å²) in [6.07, 6.45) is 0.258. The number of hydrogen-bond donors (Lipinski definition) is 1. The number of aryl methyl sites for hydroxylation is 1. The second-order valence-electron chi connectivity index (χ2n) is 8.54. The van der Waals surface area contributed by atoms with Crippen molar-refractivity contribution in [2.45, 2.75) is 46.3 Å². The summed E-state index contributed by atoms with van der Waals surface area (Å²) in [4.78, 5) is 27.3. The summed E-state index contributed by atoms with van der Waals surface area (Å²) < 4.78 is 1.98. The van der Waals surface area contributed by atoms with Crippen LogP contribution in [0.1, 0.15) is 47.5 Å². The summed E-state index contributed by atoms with van der Waals surface area (Å²) in [6, 6.07) is 20.1. The van der Waals surface area contributed by atoms with Gasteiger partial charge in [0.15, 0.2) is 0 Å². The molecule has 166 valence electrons. The van der Waals surface area contributed by atoms with E-state index < -0.39 is 0 Å². The maximum absolute atomic E-state index is 12.9. The molecule has 2 heterocycles. The lowest BCUT2D eigenvalue weighted by molar-refractivity contribution is -0.130. The predicted octanol–water partition coefficient (Wildman–Crippen LogP) is 3.77. The minimum Gasteiger partial charge on any atom is -0.352 e. The van der Waals surface area contributed by atoms with Gasteiger partial charge in [-0.1, -0.05) is 60.7 Å². The number of likely N-dealkylation sites (tertiary alicyclic amines) is 1. The summed E-state index contributed by atoms with van der Waals surface area (Å²) in [5, 5.41) is 7.71. The van der Waals surface area contributed by atoms with Gasteiger partial charge in [-0.2, -0.15) is 5.10 Å². The minimum atomic E-state index is -0.325. The normalized spacial score (nSPS) is 16.9. The molecule has 0 spiro atoms. The fraction of sp³-hybridized carbons (Fsp3) is 0.346. The van der Waals surface area contributed by atoms with Gasteiger partial charge in [0.1, 0.15) is 0 Å². The number of amides is 2. The van der Waals surface area contributed by atoms with Crippen LogP contribution < -0.4 is 5.32 Å². The maximum atomic E-state index is 12.9. The van der Waals surface area contributed by atoms with Crippen molar-refractivity contribution in [2.75, 3.05) is 6.54 Å². The Morgan fingerprint density at radius 3 is 2.44 bits per heavy atom. The average Bonchev–Trinajstić information content (AvgIpc) is 3.32. The molecule has 3 aromatic rings. The van der Waals surface area contributed by atoms with Crippen molar-refractivity contribution >= 4 is 11.8 Å². The van der Waals surface area contributed by atoms with Crippen LogP contribution >= 0.6 is 0 Å². The highest BCUT2D eigenvalue weighted by Gasteiger charge is 2.37. The van der Waals surface area contributed by atoms with E-state index in [0.29, 0.717) is 19.6 Å². The maximum Gasteiger partial charge on any atom is 0.225 e. The number of nitrogens with one attached hydrogen (secondary N) is 1. The molecule has 4 rings (SSSR count). The lowest BCUT2D eigenvalue weighted by atomic mass is 10.1. The van der Waals surface area contributed by atoms with Gasteiger partial charge in [0, 0.05) is 30.8 Å². The Kier molecular flexibility index (Phi) is 6.40. The van der Waals surface area contributed by atoms with Crippen molar-refractivity contribution < 1.29 is 9.59 Å². The van der Waals surface area contributed by atoms with Crippen molar-refractivity contribution in [2.24, 2.45) is 5.92 Å². The van der Waals surface area contributed by atoms with Crippen LogP contribution in [0.2, 0.25) is 0 Å². The quantitative estimate of drug-likeness (QED) is 0.620. The van der Waals surface area contributed by atoms with Gasteiger partial charge in [-0.05, 0) is 31.9 Å². The monoisotopic (exact) mass is 430 g/mol. The van der Waals surface area contributed by atoms with Crippen LogP contribution in [0.25, 0.3) is 0 Å². The Bertz CT molecular complexity index is 1090. The van der Waals surface area contributed by atoms with E-state index in [1.165, 1.54) is 5.56 Å². The second-order valence-corrected chi connectivity index (χ2v) is 8.54. The highest BCUT2D eigenvalue weighted by atomic mass is 16.2. The molecule has 32 heavy (non-hydrogen) atoms. The first kappa shape index (κ1) is 21.8. The third-order valence-corrected chi connectivity index (χ3v) is 6.42. The first-order valence-electron chi connectivity index (χ1n) is 11.1. The lowest BCUT2D eigenvalue weighted by Crippen LogP contribution is -2.33. The van der Waals surface area contributed by atoms with Gasteiger partial charge in [-0.3, -0.25) is 14.3 Å². The fourth-order valence-corrected chi connectivity index (χ4v) is 4.41. The van der Waals surface area contributed by atoms with Crippen LogP contribution in [0.3, 0.4) is 0 Å². The molecule has 1 fully saturated rings. The third-order valence-electron chi connectivity index (χ3n) is 6.42. The highest BCUT2D eigenvalue weighted by molar-refractivity contribution is 5.89. The molecule has 1 saturated heterocycles. The molecule has 1 aromatic heterocycles. The van der Waals surface area contributed by atoms with Gasteiger partial charge in [-0.15, -0.1) is 0 Å². The van der Waals surface area contributed by atoms with Gasteiger partial charge >= 0.3 is 0 Å². The van der Waals surface area contributed by atoms with Crippen LogP contribution in [-0.4, -0.2) is 33.0 Å². The molecule has 1 aliphatic heterocycles. The van der Waals surface area contributed by atoms with Crippen LogP contribution in [0.4, 0.5) is 0 Å². The van der Waals surface area contributed by atoms with E-state index in [-0.39, 0.29) is 30.2 Å². The molecule has 0 saturated carbocycles. The van der Waals surface area contributed by atoms with Crippen molar-refractivity contribution in [1.82, 2.24) is 20.0 Å². The van der Waals surface area contributed by atoms with Crippen LogP contribution in [0.15, 0.2) is 60.7 Å². The highest BCUT2D eigenvalue weighted by Crippen LogP contribution is 2.28. The van der Waals surface area contributed by atoms with Gasteiger partial charge in [0.25, 0.3) is 0 Å².